The lowest BCUT2D eigenvalue weighted by Gasteiger charge is -2.23. The van der Waals surface area contributed by atoms with Gasteiger partial charge in [0, 0.05) is 31.6 Å². The largest absolute Gasteiger partial charge is 0.477 e. The lowest BCUT2D eigenvalue weighted by Crippen LogP contribution is -2.45. The van der Waals surface area contributed by atoms with Gasteiger partial charge >= 0.3 is 5.97 Å². The van der Waals surface area contributed by atoms with Gasteiger partial charge in [0.25, 0.3) is 5.69 Å². The number of benzene rings is 1. The van der Waals surface area contributed by atoms with Crippen LogP contribution < -0.4 is 10.6 Å². The summed E-state index contributed by atoms with van der Waals surface area (Å²) in [4.78, 5) is 32.5. The summed E-state index contributed by atoms with van der Waals surface area (Å²) in [7, 11) is 0. The van der Waals surface area contributed by atoms with Crippen LogP contribution in [-0.4, -0.2) is 34.5 Å². The summed E-state index contributed by atoms with van der Waals surface area (Å²) in [6, 6.07) is 4.21. The van der Waals surface area contributed by atoms with Gasteiger partial charge in [-0.15, -0.1) is 0 Å². The molecule has 1 aliphatic rings. The van der Waals surface area contributed by atoms with Crippen molar-refractivity contribution in [3.05, 3.63) is 39.4 Å². The molecule has 1 aromatic rings. The van der Waals surface area contributed by atoms with Gasteiger partial charge < -0.3 is 15.7 Å². The third-order valence-electron chi connectivity index (χ3n) is 3.39. The fourth-order valence-corrected chi connectivity index (χ4v) is 2.29. The molecule has 21 heavy (non-hydrogen) atoms. The van der Waals surface area contributed by atoms with E-state index in [1.807, 2.05) is 0 Å². The van der Waals surface area contributed by atoms with Crippen molar-refractivity contribution in [2.24, 2.45) is 0 Å². The summed E-state index contributed by atoms with van der Waals surface area (Å²) in [5.41, 5.74) is -0.359. The topological polar surface area (TPSA) is 122 Å². The molecule has 1 aromatic carbocycles. The summed E-state index contributed by atoms with van der Waals surface area (Å²) >= 11 is 0. The molecule has 1 unspecified atom stereocenters. The molecular weight excluding hydrogens is 278 g/mol. The number of rotatable bonds is 5. The first-order chi connectivity index (χ1) is 9.99. The van der Waals surface area contributed by atoms with Gasteiger partial charge in [0.2, 0.25) is 5.91 Å². The molecule has 8 nitrogen and oxygen atoms in total. The average Bonchev–Trinajstić information content (AvgIpc) is 2.46. The highest BCUT2D eigenvalue weighted by molar-refractivity contribution is 5.94. The number of nitro groups is 1. The summed E-state index contributed by atoms with van der Waals surface area (Å²) in [6.07, 6.45) is 1.07. The highest BCUT2D eigenvalue weighted by Crippen LogP contribution is 2.22. The minimum absolute atomic E-state index is 0.00498. The van der Waals surface area contributed by atoms with Gasteiger partial charge in [-0.25, -0.2) is 4.79 Å². The maximum atomic E-state index is 11.3. The number of nitro benzene ring substituents is 1. The third-order valence-corrected chi connectivity index (χ3v) is 3.39. The predicted octanol–water partition coefficient (Wildman–Crippen LogP) is 0.661. The van der Waals surface area contributed by atoms with E-state index in [1.54, 1.807) is 6.07 Å². The highest BCUT2D eigenvalue weighted by Gasteiger charge is 2.24. The number of carboxylic acid groups (broad SMARTS) is 1. The van der Waals surface area contributed by atoms with Crippen LogP contribution in [0.2, 0.25) is 0 Å². The number of aromatic carboxylic acids is 1. The van der Waals surface area contributed by atoms with Gasteiger partial charge in [-0.1, -0.05) is 12.1 Å². The van der Waals surface area contributed by atoms with Crippen molar-refractivity contribution in [2.45, 2.75) is 25.4 Å². The Morgan fingerprint density at radius 1 is 1.52 bits per heavy atom. The number of hydrogen-bond acceptors (Lipinski definition) is 5. The molecule has 0 bridgehead atoms. The van der Waals surface area contributed by atoms with E-state index < -0.39 is 16.6 Å². The van der Waals surface area contributed by atoms with E-state index in [-0.39, 0.29) is 24.1 Å². The molecule has 1 aliphatic heterocycles. The molecule has 2 rings (SSSR count). The predicted molar refractivity (Wildman–Crippen MR) is 72.9 cm³/mol. The number of hydrogen-bond donors (Lipinski definition) is 3. The van der Waals surface area contributed by atoms with E-state index in [0.29, 0.717) is 24.9 Å². The summed E-state index contributed by atoms with van der Waals surface area (Å²) in [5.74, 6) is -1.33. The molecule has 0 saturated carbocycles. The maximum Gasteiger partial charge on any atom is 0.343 e. The molecule has 1 saturated heterocycles. The second-order valence-corrected chi connectivity index (χ2v) is 4.79. The Morgan fingerprint density at radius 3 is 2.86 bits per heavy atom. The van der Waals surface area contributed by atoms with Crippen molar-refractivity contribution in [1.29, 1.82) is 0 Å². The molecule has 0 aromatic heterocycles. The average molecular weight is 293 g/mol. The fourth-order valence-electron chi connectivity index (χ4n) is 2.29. The molecule has 1 fully saturated rings. The molecule has 0 radical (unpaired) electrons. The van der Waals surface area contributed by atoms with Gasteiger partial charge in [-0.3, -0.25) is 14.9 Å². The van der Waals surface area contributed by atoms with Crippen LogP contribution in [0.1, 0.15) is 28.8 Å². The molecule has 1 amide bonds. The summed E-state index contributed by atoms with van der Waals surface area (Å²) < 4.78 is 0. The molecule has 0 spiro atoms. The molecule has 8 heteroatoms. The Balaban J connectivity index is 2.12. The Hall–Kier alpha value is -2.48. The Bertz CT molecular complexity index is 577. The molecular formula is C13H15N3O5. The van der Waals surface area contributed by atoms with Crippen LogP contribution in [0.3, 0.4) is 0 Å². The van der Waals surface area contributed by atoms with E-state index in [0.717, 1.165) is 0 Å². The third kappa shape index (κ3) is 3.54. The summed E-state index contributed by atoms with van der Waals surface area (Å²) in [6.45, 7) is 0.667. The lowest BCUT2D eigenvalue weighted by atomic mass is 10.0. The molecule has 1 heterocycles. The number of nitrogens with one attached hydrogen (secondary N) is 2. The van der Waals surface area contributed by atoms with Crippen molar-refractivity contribution < 1.29 is 19.6 Å². The zero-order chi connectivity index (χ0) is 15.4. The van der Waals surface area contributed by atoms with Crippen molar-refractivity contribution in [2.75, 3.05) is 6.54 Å². The second kappa shape index (κ2) is 6.31. The normalized spacial score (nSPS) is 18.1. The van der Waals surface area contributed by atoms with Gasteiger partial charge in [0.05, 0.1) is 4.92 Å². The first kappa shape index (κ1) is 14.9. The van der Waals surface area contributed by atoms with E-state index >= 15 is 0 Å². The van der Waals surface area contributed by atoms with Crippen LogP contribution in [0.5, 0.6) is 0 Å². The quantitative estimate of drug-likeness (QED) is 0.541. The van der Waals surface area contributed by atoms with Crippen LogP contribution in [0, 0.1) is 10.1 Å². The van der Waals surface area contributed by atoms with Crippen molar-refractivity contribution in [3.8, 4) is 0 Å². The van der Waals surface area contributed by atoms with Crippen molar-refractivity contribution in [1.82, 2.24) is 10.6 Å². The monoisotopic (exact) mass is 293 g/mol. The van der Waals surface area contributed by atoms with Crippen LogP contribution >= 0.6 is 0 Å². The fraction of sp³-hybridized carbons (Fsp3) is 0.385. The number of nitrogens with zero attached hydrogens (tertiary/aromatic N) is 1. The van der Waals surface area contributed by atoms with Gasteiger partial charge in [-0.2, -0.15) is 0 Å². The lowest BCUT2D eigenvalue weighted by molar-refractivity contribution is -0.385. The number of piperidine rings is 1. The number of carbonyl (C=O) groups excluding carboxylic acids is 1. The maximum absolute atomic E-state index is 11.3. The first-order valence-corrected chi connectivity index (χ1v) is 6.48. The number of carboxylic acids is 1. The summed E-state index contributed by atoms with van der Waals surface area (Å²) in [5, 5.41) is 25.9. The highest BCUT2D eigenvalue weighted by atomic mass is 16.6. The second-order valence-electron chi connectivity index (χ2n) is 4.79. The minimum Gasteiger partial charge on any atom is -0.477 e. The standard InChI is InChI=1S/C13H15N3O5/c17-11-5-4-9(7-15-11)14-6-8-2-1-3-10(16(20)21)12(8)13(18)19/h1-3,9,14H,4-7H2,(H,15,17)(H,18,19). The van der Waals surface area contributed by atoms with Crippen LogP contribution in [0.25, 0.3) is 0 Å². The van der Waals surface area contributed by atoms with Crippen LogP contribution in [-0.2, 0) is 11.3 Å². The SMILES string of the molecule is O=C1CCC(NCc2cccc([N+](=O)[O-])c2C(=O)O)CN1. The zero-order valence-corrected chi connectivity index (χ0v) is 11.2. The first-order valence-electron chi connectivity index (χ1n) is 6.48. The van der Waals surface area contributed by atoms with Gasteiger partial charge in [0.1, 0.15) is 5.56 Å². The van der Waals surface area contributed by atoms with Crippen LogP contribution in [0.15, 0.2) is 18.2 Å². The van der Waals surface area contributed by atoms with E-state index in [4.69, 9.17) is 0 Å². The van der Waals surface area contributed by atoms with Crippen molar-refractivity contribution in [3.63, 3.8) is 0 Å². The minimum atomic E-state index is -1.32. The number of carbonyl (C=O) groups is 2. The Labute approximate surface area is 120 Å². The Morgan fingerprint density at radius 2 is 2.29 bits per heavy atom. The van der Waals surface area contributed by atoms with Gasteiger partial charge in [-0.05, 0) is 12.0 Å². The number of amides is 1. The van der Waals surface area contributed by atoms with Crippen molar-refractivity contribution >= 4 is 17.6 Å². The molecule has 3 N–H and O–H groups in total. The molecule has 112 valence electrons. The smallest absolute Gasteiger partial charge is 0.343 e. The molecule has 0 aliphatic carbocycles. The van der Waals surface area contributed by atoms with E-state index in [9.17, 15) is 24.8 Å². The van der Waals surface area contributed by atoms with Crippen LogP contribution in [0.4, 0.5) is 5.69 Å². The van der Waals surface area contributed by atoms with Gasteiger partial charge in [0.15, 0.2) is 0 Å². The zero-order valence-electron chi connectivity index (χ0n) is 11.2. The van der Waals surface area contributed by atoms with E-state index in [2.05, 4.69) is 10.6 Å². The molecule has 1 atom stereocenters. The Kier molecular flexibility index (Phi) is 4.49. The van der Waals surface area contributed by atoms with E-state index in [1.165, 1.54) is 12.1 Å².